The van der Waals surface area contributed by atoms with Crippen LogP contribution in [0, 0.1) is 0 Å². The first-order valence-corrected chi connectivity index (χ1v) is 13.6. The molecule has 268 valence electrons. The number of nitrogens with two attached hydrogens (primary N) is 1. The summed E-state index contributed by atoms with van der Waals surface area (Å²) in [5.41, 5.74) is -10.0. The lowest BCUT2D eigenvalue weighted by molar-refractivity contribution is -0.286. The number of alkyl halides is 18. The lowest BCUT2D eigenvalue weighted by Crippen LogP contribution is -2.49. The molecule has 2 N–H and O–H groups in total. The molecule has 0 saturated carbocycles. The van der Waals surface area contributed by atoms with E-state index in [0.29, 0.717) is 0 Å². The molecule has 0 aromatic heterocycles. The Morgan fingerprint density at radius 1 is 0.702 bits per heavy atom. The number of ether oxygens (including phenoxy) is 2. The fourth-order valence-corrected chi connectivity index (χ4v) is 4.85. The molecule has 2 aromatic rings. The Morgan fingerprint density at radius 2 is 1.04 bits per heavy atom. The van der Waals surface area contributed by atoms with Crippen LogP contribution in [0.25, 0.3) is 0 Å². The second kappa shape index (κ2) is 14.8. The summed E-state index contributed by atoms with van der Waals surface area (Å²) in [6.07, 6.45) is -12.9. The van der Waals surface area contributed by atoms with Crippen LogP contribution < -0.4 is 15.2 Å². The van der Waals surface area contributed by atoms with Crippen molar-refractivity contribution in [2.24, 2.45) is 0 Å². The number of benzene rings is 2. The molecule has 2 unspecified atom stereocenters. The van der Waals surface area contributed by atoms with Gasteiger partial charge in [0, 0.05) is 32.1 Å². The predicted octanol–water partition coefficient (Wildman–Crippen LogP) is 10.9. The van der Waals surface area contributed by atoms with Crippen LogP contribution in [0.15, 0.2) is 33.2 Å². The first-order valence-electron chi connectivity index (χ1n) is 11.3. The molecule has 0 heterocycles. The molecule has 0 amide bonds. The third kappa shape index (κ3) is 9.55. The van der Waals surface area contributed by atoms with Crippen LogP contribution in [-0.2, 0) is 22.6 Å². The molecule has 0 fully saturated rings. The van der Waals surface area contributed by atoms with E-state index < -0.39 is 97.1 Å². The number of hydrogen-bond acceptors (Lipinski definition) is 4. The largest absolute Gasteiger partial charge is 0.434 e. The standard InChI is InChI=1S/C13H8BrClF8O2.C10H5BrClF8NO/c1-5(24)2-7-8(14)3-6(4-9(7)25-10(16)17)11(18,12(15,19)20)13(21,22)23;11-4-1-3(2-5(6(4)21)22-7(13)14)8(15,9(12,16)17)10(18,19)20/h3-4,10H,2H2,1H3;1-2,7H,21H2. The summed E-state index contributed by atoms with van der Waals surface area (Å²) in [6.45, 7) is -6.06. The van der Waals surface area contributed by atoms with Crippen LogP contribution in [0.1, 0.15) is 23.6 Å². The van der Waals surface area contributed by atoms with Crippen molar-refractivity contribution in [3.05, 3.63) is 49.9 Å². The van der Waals surface area contributed by atoms with Crippen molar-refractivity contribution < 1.29 is 84.5 Å². The Labute approximate surface area is 278 Å². The van der Waals surface area contributed by atoms with Gasteiger partial charge in [0.05, 0.1) is 5.69 Å². The molecule has 24 heteroatoms. The highest BCUT2D eigenvalue weighted by atomic mass is 79.9. The molecule has 0 spiro atoms. The van der Waals surface area contributed by atoms with Crippen molar-refractivity contribution in [2.45, 2.75) is 61.0 Å². The van der Waals surface area contributed by atoms with Crippen LogP contribution in [0.4, 0.5) is 75.9 Å². The van der Waals surface area contributed by atoms with Crippen molar-refractivity contribution in [1.29, 1.82) is 0 Å². The average molecular weight is 886 g/mol. The fraction of sp³-hybridized carbons (Fsp3) is 0.435. The Hall–Kier alpha value is -2.07. The number of carbonyl (C=O) groups excluding carboxylic acids is 1. The van der Waals surface area contributed by atoms with Crippen molar-refractivity contribution in [3.8, 4) is 11.5 Å². The van der Waals surface area contributed by atoms with Crippen LogP contribution in [-0.4, -0.2) is 42.1 Å². The topological polar surface area (TPSA) is 61.5 Å². The molecule has 4 nitrogen and oxygen atoms in total. The SMILES string of the molecule is CC(=O)Cc1c(Br)cc(C(F)(C(F)(F)F)C(F)(F)Cl)cc1OC(F)F.Nc1c(Br)cc(C(F)(C(F)(F)F)C(F)(F)Cl)cc1OC(F)F. The number of nitrogen functional groups attached to an aromatic ring is 1. The molecule has 0 aliphatic rings. The van der Waals surface area contributed by atoms with E-state index >= 15 is 0 Å². The fourth-order valence-electron chi connectivity index (χ4n) is 3.39. The minimum absolute atomic E-state index is 0.0129. The van der Waals surface area contributed by atoms with E-state index in [1.54, 1.807) is 0 Å². The second-order valence-corrected chi connectivity index (χ2v) is 11.4. The lowest BCUT2D eigenvalue weighted by atomic mass is 9.92. The van der Waals surface area contributed by atoms with E-state index in [9.17, 15) is 75.0 Å². The van der Waals surface area contributed by atoms with Crippen molar-refractivity contribution in [2.75, 3.05) is 5.73 Å². The van der Waals surface area contributed by atoms with E-state index in [4.69, 9.17) is 5.73 Å². The van der Waals surface area contributed by atoms with Crippen LogP contribution in [0.2, 0.25) is 0 Å². The molecule has 2 atom stereocenters. The molecule has 0 saturated heterocycles. The third-order valence-corrected chi connectivity index (χ3v) is 7.35. The first-order chi connectivity index (χ1) is 20.8. The van der Waals surface area contributed by atoms with E-state index in [0.717, 1.165) is 6.92 Å². The van der Waals surface area contributed by atoms with Gasteiger partial charge in [0.25, 0.3) is 0 Å². The summed E-state index contributed by atoms with van der Waals surface area (Å²) in [4.78, 5) is 11.1. The van der Waals surface area contributed by atoms with Gasteiger partial charge < -0.3 is 15.2 Å². The molecule has 47 heavy (non-hydrogen) atoms. The van der Waals surface area contributed by atoms with Gasteiger partial charge in [-0.3, -0.25) is 4.79 Å². The summed E-state index contributed by atoms with van der Waals surface area (Å²) in [5.74, 6) is -2.79. The summed E-state index contributed by atoms with van der Waals surface area (Å²) in [6, 6.07) is 0.521. The van der Waals surface area contributed by atoms with Crippen molar-refractivity contribution in [3.63, 3.8) is 0 Å². The minimum atomic E-state index is -6.18. The third-order valence-electron chi connectivity index (χ3n) is 5.46. The summed E-state index contributed by atoms with van der Waals surface area (Å²) < 4.78 is 214. The molecule has 0 aliphatic carbocycles. The van der Waals surface area contributed by atoms with Gasteiger partial charge in [-0.05, 0) is 70.3 Å². The molecular weight excluding hydrogens is 873 g/mol. The normalized spacial score (nSPS) is 15.5. The van der Waals surface area contributed by atoms with E-state index in [2.05, 4.69) is 64.5 Å². The van der Waals surface area contributed by atoms with Gasteiger partial charge in [-0.2, -0.15) is 61.5 Å². The highest BCUT2D eigenvalue weighted by Crippen LogP contribution is 2.57. The Bertz CT molecular complexity index is 1400. The maximum atomic E-state index is 14.3. The van der Waals surface area contributed by atoms with Crippen LogP contribution in [0.5, 0.6) is 11.5 Å². The number of hydrogen-bond donors (Lipinski definition) is 1. The van der Waals surface area contributed by atoms with Crippen molar-refractivity contribution in [1.82, 2.24) is 0 Å². The Kier molecular flexibility index (Phi) is 13.5. The van der Waals surface area contributed by atoms with Gasteiger partial charge >= 0.3 is 47.7 Å². The zero-order valence-corrected chi connectivity index (χ0v) is 26.7. The molecule has 2 rings (SSSR count). The number of rotatable bonds is 10. The predicted molar refractivity (Wildman–Crippen MR) is 140 cm³/mol. The highest BCUT2D eigenvalue weighted by molar-refractivity contribution is 9.11. The number of ketones is 1. The van der Waals surface area contributed by atoms with Crippen molar-refractivity contribution >= 4 is 66.5 Å². The van der Waals surface area contributed by atoms with Gasteiger partial charge in [-0.25, -0.2) is 8.78 Å². The summed E-state index contributed by atoms with van der Waals surface area (Å²) in [5, 5.41) is -10.9. The van der Waals surface area contributed by atoms with Crippen LogP contribution in [0.3, 0.4) is 0 Å². The van der Waals surface area contributed by atoms with Crippen LogP contribution >= 0.6 is 55.1 Å². The quantitative estimate of drug-likeness (QED) is 0.147. The van der Waals surface area contributed by atoms with E-state index in [-0.39, 0.29) is 29.8 Å². The maximum Gasteiger partial charge on any atom is 0.434 e. The molecule has 2 aromatic carbocycles. The summed E-state index contributed by atoms with van der Waals surface area (Å²) >= 11 is 13.7. The average Bonchev–Trinajstić information content (AvgIpc) is 2.84. The van der Waals surface area contributed by atoms with Gasteiger partial charge in [-0.1, -0.05) is 15.9 Å². The zero-order valence-electron chi connectivity index (χ0n) is 22.0. The molecule has 0 radical (unpaired) electrons. The molecule has 0 bridgehead atoms. The van der Waals surface area contributed by atoms with E-state index in [1.807, 2.05) is 0 Å². The van der Waals surface area contributed by atoms with Gasteiger partial charge in [0.2, 0.25) is 0 Å². The number of carbonyl (C=O) groups is 1. The van der Waals surface area contributed by atoms with E-state index in [1.165, 1.54) is 0 Å². The minimum Gasteiger partial charge on any atom is -0.434 e. The number of halogens is 20. The summed E-state index contributed by atoms with van der Waals surface area (Å²) in [7, 11) is 0. The number of anilines is 1. The molecule has 0 aliphatic heterocycles. The van der Waals surface area contributed by atoms with Gasteiger partial charge in [-0.15, -0.1) is 0 Å². The van der Waals surface area contributed by atoms with Gasteiger partial charge in [0.15, 0.2) is 5.75 Å². The lowest BCUT2D eigenvalue weighted by Gasteiger charge is -2.32. The first kappa shape index (κ1) is 43.0. The monoisotopic (exact) mass is 883 g/mol. The van der Waals surface area contributed by atoms with Gasteiger partial charge in [0.1, 0.15) is 11.5 Å². The highest BCUT2D eigenvalue weighted by Gasteiger charge is 2.73. The molecular formula is C23H13Br2Cl2F16NO3. The smallest absolute Gasteiger partial charge is 0.434 e. The zero-order chi connectivity index (χ0) is 37.3. The Morgan fingerprint density at radius 3 is 1.36 bits per heavy atom. The Balaban J connectivity index is 0.000000474. The maximum absolute atomic E-state index is 14.3. The second-order valence-electron chi connectivity index (χ2n) is 8.75. The number of Topliss-reactive ketones (excluding diaryl/α,β-unsaturated/α-hetero) is 1.